The number of hydrogen-bond donors (Lipinski definition) is 1. The van der Waals surface area contributed by atoms with E-state index in [1.807, 2.05) is 0 Å². The third kappa shape index (κ3) is 2.29. The molecule has 6 heteroatoms. The summed E-state index contributed by atoms with van der Waals surface area (Å²) < 4.78 is 5.16. The molecule has 6 nitrogen and oxygen atoms in total. The van der Waals surface area contributed by atoms with Crippen molar-refractivity contribution in [3.8, 4) is 0 Å². The van der Waals surface area contributed by atoms with Crippen LogP contribution in [0, 0.1) is 0 Å². The molecule has 2 heterocycles. The molecule has 0 spiro atoms. The summed E-state index contributed by atoms with van der Waals surface area (Å²) >= 11 is 0. The molecular formula is C15H14N2O4. The van der Waals surface area contributed by atoms with Gasteiger partial charge < -0.3 is 14.6 Å². The number of para-hydroxylation sites is 1. The zero-order chi connectivity index (χ0) is 15.0. The van der Waals surface area contributed by atoms with Crippen molar-refractivity contribution >= 4 is 22.8 Å². The number of nitrogens with one attached hydrogen (secondary N) is 1. The van der Waals surface area contributed by atoms with Gasteiger partial charge in [-0.1, -0.05) is 18.2 Å². The summed E-state index contributed by atoms with van der Waals surface area (Å²) in [6, 6.07) is 7.90. The summed E-state index contributed by atoms with van der Waals surface area (Å²) in [5.41, 5.74) is -0.296. The number of benzene rings is 1. The Kier molecular flexibility index (Phi) is 3.21. The summed E-state index contributed by atoms with van der Waals surface area (Å²) in [6.07, 6.45) is 0. The molecule has 0 unspecified atom stereocenters. The van der Waals surface area contributed by atoms with Gasteiger partial charge in [0, 0.05) is 18.5 Å². The fourth-order valence-electron chi connectivity index (χ4n) is 2.43. The molecule has 1 atom stereocenters. The molecule has 2 amide bonds. The van der Waals surface area contributed by atoms with E-state index in [2.05, 4.69) is 5.32 Å². The first-order valence-electron chi connectivity index (χ1n) is 6.69. The van der Waals surface area contributed by atoms with Crippen LogP contribution in [0.3, 0.4) is 0 Å². The van der Waals surface area contributed by atoms with Gasteiger partial charge >= 0.3 is 5.63 Å². The van der Waals surface area contributed by atoms with Gasteiger partial charge in [0.1, 0.15) is 17.2 Å². The Bertz CT molecular complexity index is 781. The number of hydrogen-bond acceptors (Lipinski definition) is 4. The molecule has 1 aliphatic heterocycles. The number of carbonyl (C=O) groups is 2. The van der Waals surface area contributed by atoms with Crippen molar-refractivity contribution in [1.82, 2.24) is 10.2 Å². The molecule has 108 valence electrons. The topological polar surface area (TPSA) is 79.6 Å². The normalized spacial score (nSPS) is 18.6. The molecule has 0 saturated carbocycles. The second-order valence-corrected chi connectivity index (χ2v) is 4.95. The Hall–Kier alpha value is -2.63. The SMILES string of the molecule is C[C@H]1C(=O)NCCN1C(=O)c1cc2ccccc2oc1=O. The molecule has 21 heavy (non-hydrogen) atoms. The van der Waals surface area contributed by atoms with E-state index < -0.39 is 17.6 Å². The molecule has 0 radical (unpaired) electrons. The van der Waals surface area contributed by atoms with Crippen molar-refractivity contribution in [2.45, 2.75) is 13.0 Å². The Morgan fingerprint density at radius 1 is 1.33 bits per heavy atom. The standard InChI is InChI=1S/C15H14N2O4/c1-9-13(18)16-6-7-17(9)14(19)11-8-10-4-2-3-5-12(10)21-15(11)20/h2-5,8-9H,6-7H2,1H3,(H,16,18)/t9-/m0/s1. The van der Waals surface area contributed by atoms with E-state index in [4.69, 9.17) is 4.42 Å². The number of fused-ring (bicyclic) bond motifs is 1. The van der Waals surface area contributed by atoms with E-state index in [-0.39, 0.29) is 11.5 Å². The van der Waals surface area contributed by atoms with Gasteiger partial charge in [0.2, 0.25) is 5.91 Å². The minimum absolute atomic E-state index is 0.0461. The Morgan fingerprint density at radius 3 is 2.90 bits per heavy atom. The minimum atomic E-state index is -0.683. The van der Waals surface area contributed by atoms with E-state index in [0.717, 1.165) is 0 Å². The van der Waals surface area contributed by atoms with E-state index in [1.165, 1.54) is 11.0 Å². The summed E-state index contributed by atoms with van der Waals surface area (Å²) in [4.78, 5) is 37.5. The van der Waals surface area contributed by atoms with Gasteiger partial charge in [-0.2, -0.15) is 0 Å². The molecule has 1 aromatic carbocycles. The summed E-state index contributed by atoms with van der Waals surface area (Å²) in [5.74, 6) is -0.698. The van der Waals surface area contributed by atoms with Crippen LogP contribution in [-0.2, 0) is 4.79 Å². The van der Waals surface area contributed by atoms with Crippen LogP contribution in [0.5, 0.6) is 0 Å². The molecule has 2 aromatic rings. The van der Waals surface area contributed by atoms with Crippen LogP contribution in [0.15, 0.2) is 39.5 Å². The average Bonchev–Trinajstić information content (AvgIpc) is 2.48. The molecule has 0 aliphatic carbocycles. The third-order valence-corrected chi connectivity index (χ3v) is 3.63. The highest BCUT2D eigenvalue weighted by atomic mass is 16.4. The van der Waals surface area contributed by atoms with Gasteiger partial charge in [-0.25, -0.2) is 4.79 Å². The van der Waals surface area contributed by atoms with Crippen LogP contribution in [0.2, 0.25) is 0 Å². The van der Waals surface area contributed by atoms with Crippen LogP contribution in [0.25, 0.3) is 11.0 Å². The molecule has 1 saturated heterocycles. The van der Waals surface area contributed by atoms with Gasteiger partial charge in [-0.05, 0) is 19.1 Å². The first-order chi connectivity index (χ1) is 10.1. The van der Waals surface area contributed by atoms with Crippen LogP contribution in [0.1, 0.15) is 17.3 Å². The Morgan fingerprint density at radius 2 is 2.10 bits per heavy atom. The lowest BCUT2D eigenvalue weighted by molar-refractivity contribution is -0.127. The number of piperazine rings is 1. The lowest BCUT2D eigenvalue weighted by Gasteiger charge is -2.32. The highest BCUT2D eigenvalue weighted by molar-refractivity contribution is 5.99. The van der Waals surface area contributed by atoms with Crippen molar-refractivity contribution in [1.29, 1.82) is 0 Å². The van der Waals surface area contributed by atoms with Crippen molar-refractivity contribution in [2.75, 3.05) is 13.1 Å². The van der Waals surface area contributed by atoms with Crippen LogP contribution < -0.4 is 10.9 Å². The van der Waals surface area contributed by atoms with Crippen molar-refractivity contribution in [3.05, 3.63) is 46.3 Å². The third-order valence-electron chi connectivity index (χ3n) is 3.63. The van der Waals surface area contributed by atoms with Crippen LogP contribution in [0.4, 0.5) is 0 Å². The lowest BCUT2D eigenvalue weighted by atomic mass is 10.1. The van der Waals surface area contributed by atoms with E-state index in [9.17, 15) is 14.4 Å². The molecule has 1 fully saturated rings. The second-order valence-electron chi connectivity index (χ2n) is 4.95. The number of carbonyl (C=O) groups excluding carboxylic acids is 2. The summed E-state index contributed by atoms with van der Waals surface area (Å²) in [7, 11) is 0. The first-order valence-corrected chi connectivity index (χ1v) is 6.69. The maximum absolute atomic E-state index is 12.5. The Labute approximate surface area is 120 Å². The zero-order valence-corrected chi connectivity index (χ0v) is 11.5. The quantitative estimate of drug-likeness (QED) is 0.785. The minimum Gasteiger partial charge on any atom is -0.422 e. The van der Waals surface area contributed by atoms with Gasteiger partial charge in [-0.3, -0.25) is 9.59 Å². The molecule has 1 N–H and O–H groups in total. The zero-order valence-electron chi connectivity index (χ0n) is 11.5. The van der Waals surface area contributed by atoms with Gasteiger partial charge in [0.05, 0.1) is 0 Å². The number of nitrogens with zero attached hydrogens (tertiary/aromatic N) is 1. The van der Waals surface area contributed by atoms with Crippen LogP contribution in [-0.4, -0.2) is 35.8 Å². The summed E-state index contributed by atoms with van der Waals surface area (Å²) in [5, 5.41) is 3.35. The maximum Gasteiger partial charge on any atom is 0.349 e. The fourth-order valence-corrected chi connectivity index (χ4v) is 2.43. The van der Waals surface area contributed by atoms with Gasteiger partial charge in [0.15, 0.2) is 0 Å². The van der Waals surface area contributed by atoms with Crippen molar-refractivity contribution in [2.24, 2.45) is 0 Å². The van der Waals surface area contributed by atoms with E-state index >= 15 is 0 Å². The molecular weight excluding hydrogens is 272 g/mol. The molecule has 0 bridgehead atoms. The number of amides is 2. The molecule has 3 rings (SSSR count). The largest absolute Gasteiger partial charge is 0.422 e. The second kappa shape index (κ2) is 5.05. The molecule has 1 aliphatic rings. The van der Waals surface area contributed by atoms with Gasteiger partial charge in [-0.15, -0.1) is 0 Å². The molecule has 1 aromatic heterocycles. The van der Waals surface area contributed by atoms with Crippen molar-refractivity contribution < 1.29 is 14.0 Å². The van der Waals surface area contributed by atoms with Crippen molar-refractivity contribution in [3.63, 3.8) is 0 Å². The smallest absolute Gasteiger partial charge is 0.349 e. The predicted molar refractivity (Wildman–Crippen MR) is 76.0 cm³/mol. The highest BCUT2D eigenvalue weighted by Crippen LogP contribution is 2.15. The Balaban J connectivity index is 2.03. The lowest BCUT2D eigenvalue weighted by Crippen LogP contribution is -2.56. The van der Waals surface area contributed by atoms with Crippen LogP contribution >= 0.6 is 0 Å². The number of rotatable bonds is 1. The first kappa shape index (κ1) is 13.4. The summed E-state index contributed by atoms with van der Waals surface area (Å²) in [6.45, 7) is 2.39. The van der Waals surface area contributed by atoms with Gasteiger partial charge in [0.25, 0.3) is 5.91 Å². The van der Waals surface area contributed by atoms with E-state index in [1.54, 1.807) is 31.2 Å². The highest BCUT2D eigenvalue weighted by Gasteiger charge is 2.31. The predicted octanol–water partition coefficient (Wildman–Crippen LogP) is 0.753. The van der Waals surface area contributed by atoms with E-state index in [0.29, 0.717) is 24.1 Å². The fraction of sp³-hybridized carbons (Fsp3) is 0.267. The average molecular weight is 286 g/mol. The monoisotopic (exact) mass is 286 g/mol. The maximum atomic E-state index is 12.5.